The van der Waals surface area contributed by atoms with Crippen LogP contribution in [-0.4, -0.2) is 29.6 Å². The van der Waals surface area contributed by atoms with Gasteiger partial charge in [-0.2, -0.15) is 0 Å². The molecule has 0 atom stereocenters. The van der Waals surface area contributed by atoms with Gasteiger partial charge in [0.2, 0.25) is 0 Å². The lowest BCUT2D eigenvalue weighted by Gasteiger charge is -2.21. The Bertz CT molecular complexity index is 479. The molecule has 0 aromatic heterocycles. The number of halogens is 1. The van der Waals surface area contributed by atoms with Gasteiger partial charge in [-0.05, 0) is 12.8 Å². The minimum atomic E-state index is 0. The van der Waals surface area contributed by atoms with Gasteiger partial charge in [-0.25, -0.2) is 0 Å². The Morgan fingerprint density at radius 2 is 0.500 bits per heavy atom. The van der Waals surface area contributed by atoms with E-state index in [-0.39, 0.29) is 17.0 Å². The third kappa shape index (κ3) is 29.9. The molecule has 42 heavy (non-hydrogen) atoms. The van der Waals surface area contributed by atoms with E-state index in [0.717, 1.165) is 6.67 Å². The minimum Gasteiger partial charge on any atom is -0.359 e. The summed E-state index contributed by atoms with van der Waals surface area (Å²) in [7, 11) is 0. The highest BCUT2D eigenvalue weighted by Crippen LogP contribution is 2.16. The van der Waals surface area contributed by atoms with E-state index in [1.54, 1.807) is 0 Å². The van der Waals surface area contributed by atoms with Crippen LogP contribution in [0.4, 0.5) is 0 Å². The van der Waals surface area contributed by atoms with Gasteiger partial charge in [0, 0.05) is 25.5 Å². The summed E-state index contributed by atoms with van der Waals surface area (Å²) in [6.45, 7) is 8.26. The maximum Gasteiger partial charge on any atom is 0.0893 e. The fraction of sp³-hybridized carbons (Fsp3) is 0.949. The molecule has 0 amide bonds. The van der Waals surface area contributed by atoms with Gasteiger partial charge in [0.25, 0.3) is 0 Å². The third-order valence-electron chi connectivity index (χ3n) is 9.45. The molecule has 0 saturated heterocycles. The molecule has 1 aliphatic heterocycles. The second-order valence-corrected chi connectivity index (χ2v) is 13.7. The Morgan fingerprint density at radius 3 is 0.714 bits per heavy atom. The normalized spacial score (nSPS) is 12.9. The van der Waals surface area contributed by atoms with Crippen molar-refractivity contribution in [3.8, 4) is 0 Å². The summed E-state index contributed by atoms with van der Waals surface area (Å²) in [5, 5.41) is 0. The standard InChI is InChI=1S/C39H78N2.BrH/c1-3-5-7-9-11-13-15-17-19-21-23-25-27-29-31-33-35-40-37-38-41(39-40)36-34-32-30-28-26-24-22-20-18-16-14-12-10-8-6-4-2;/h37-38H,3-36,39H2,1-2H3;1H. The Kier molecular flexibility index (Phi) is 35.1. The molecule has 0 N–H and O–H groups in total. The molecule has 0 bridgehead atoms. The lowest BCUT2D eigenvalue weighted by Crippen LogP contribution is -2.26. The Hall–Kier alpha value is -0.180. The first kappa shape index (κ1) is 41.8. The predicted octanol–water partition coefficient (Wildman–Crippen LogP) is 14.1. The molecular formula is C39H79BrN2. The van der Waals surface area contributed by atoms with Gasteiger partial charge in [-0.1, -0.05) is 206 Å². The van der Waals surface area contributed by atoms with Crippen LogP contribution in [0.3, 0.4) is 0 Å². The quantitative estimate of drug-likeness (QED) is 0.0637. The molecule has 2 nitrogen and oxygen atoms in total. The monoisotopic (exact) mass is 655 g/mol. The zero-order valence-corrected chi connectivity index (χ0v) is 30.9. The summed E-state index contributed by atoms with van der Waals surface area (Å²) in [6.07, 6.45) is 51.2. The number of rotatable bonds is 34. The Labute approximate surface area is 277 Å². The van der Waals surface area contributed by atoms with Gasteiger partial charge >= 0.3 is 0 Å². The van der Waals surface area contributed by atoms with E-state index in [2.05, 4.69) is 36.0 Å². The summed E-state index contributed by atoms with van der Waals surface area (Å²) in [4.78, 5) is 5.08. The molecule has 1 heterocycles. The van der Waals surface area contributed by atoms with Crippen molar-refractivity contribution in [3.63, 3.8) is 0 Å². The average Bonchev–Trinajstić information content (AvgIpc) is 3.44. The number of hydrogen-bond acceptors (Lipinski definition) is 2. The molecule has 0 spiro atoms. The van der Waals surface area contributed by atoms with Crippen LogP contribution in [-0.2, 0) is 0 Å². The van der Waals surface area contributed by atoms with Crippen molar-refractivity contribution in [1.29, 1.82) is 0 Å². The zero-order chi connectivity index (χ0) is 29.3. The molecular weight excluding hydrogens is 576 g/mol. The van der Waals surface area contributed by atoms with E-state index in [0.29, 0.717) is 0 Å². The molecule has 0 aliphatic carbocycles. The summed E-state index contributed by atoms with van der Waals surface area (Å²) >= 11 is 0. The van der Waals surface area contributed by atoms with Crippen molar-refractivity contribution in [1.82, 2.24) is 9.80 Å². The average molecular weight is 656 g/mol. The molecule has 0 aromatic rings. The van der Waals surface area contributed by atoms with E-state index < -0.39 is 0 Å². The highest BCUT2D eigenvalue weighted by Gasteiger charge is 2.11. The van der Waals surface area contributed by atoms with Gasteiger partial charge in [0.05, 0.1) is 6.67 Å². The molecule has 3 heteroatoms. The minimum absolute atomic E-state index is 0. The highest BCUT2D eigenvalue weighted by atomic mass is 79.9. The lowest BCUT2D eigenvalue weighted by atomic mass is 10.0. The van der Waals surface area contributed by atoms with Crippen LogP contribution in [0.5, 0.6) is 0 Å². The first-order chi connectivity index (χ1) is 20.4. The van der Waals surface area contributed by atoms with Crippen molar-refractivity contribution in [2.24, 2.45) is 0 Å². The maximum absolute atomic E-state index is 2.54. The molecule has 0 fully saturated rings. The topological polar surface area (TPSA) is 6.48 Å². The van der Waals surface area contributed by atoms with Crippen molar-refractivity contribution < 1.29 is 0 Å². The largest absolute Gasteiger partial charge is 0.359 e. The molecule has 0 radical (unpaired) electrons. The second kappa shape index (κ2) is 35.3. The van der Waals surface area contributed by atoms with E-state index in [1.807, 2.05) is 0 Å². The lowest BCUT2D eigenvalue weighted by molar-refractivity contribution is 0.257. The van der Waals surface area contributed by atoms with E-state index in [9.17, 15) is 0 Å². The third-order valence-corrected chi connectivity index (χ3v) is 9.45. The van der Waals surface area contributed by atoms with Crippen LogP contribution in [0.1, 0.15) is 219 Å². The van der Waals surface area contributed by atoms with Crippen LogP contribution < -0.4 is 0 Å². The summed E-state index contributed by atoms with van der Waals surface area (Å²) < 4.78 is 0. The second-order valence-electron chi connectivity index (χ2n) is 13.7. The van der Waals surface area contributed by atoms with Crippen LogP contribution in [0.25, 0.3) is 0 Å². The van der Waals surface area contributed by atoms with Crippen LogP contribution in [0.15, 0.2) is 12.4 Å². The fourth-order valence-corrected chi connectivity index (χ4v) is 6.53. The van der Waals surface area contributed by atoms with Gasteiger partial charge in [0.15, 0.2) is 0 Å². The predicted molar refractivity (Wildman–Crippen MR) is 197 cm³/mol. The van der Waals surface area contributed by atoms with Gasteiger partial charge in [0.1, 0.15) is 0 Å². The molecule has 1 aliphatic rings. The SMILES string of the molecule is Br.CCCCCCCCCCCCCCCCCCN1C=CN(CCCCCCCCCCCCCCCCCC)C1. The maximum atomic E-state index is 2.54. The smallest absolute Gasteiger partial charge is 0.0893 e. The molecule has 0 saturated carbocycles. The summed E-state index contributed by atoms with van der Waals surface area (Å²) in [5.41, 5.74) is 0. The van der Waals surface area contributed by atoms with Crippen LogP contribution in [0, 0.1) is 0 Å². The summed E-state index contributed by atoms with van der Waals surface area (Å²) in [5.74, 6) is 0. The molecule has 252 valence electrons. The fourth-order valence-electron chi connectivity index (χ4n) is 6.53. The van der Waals surface area contributed by atoms with Crippen molar-refractivity contribution in [2.75, 3.05) is 19.8 Å². The molecule has 0 unspecified atom stereocenters. The molecule has 1 rings (SSSR count). The van der Waals surface area contributed by atoms with Gasteiger partial charge in [-0.15, -0.1) is 17.0 Å². The number of unbranched alkanes of at least 4 members (excludes halogenated alkanes) is 30. The van der Waals surface area contributed by atoms with E-state index >= 15 is 0 Å². The Balaban J connectivity index is 0.0000168. The summed E-state index contributed by atoms with van der Waals surface area (Å²) in [6, 6.07) is 0. The number of hydrogen-bond donors (Lipinski definition) is 0. The first-order valence-electron chi connectivity index (χ1n) is 19.5. The molecule has 0 aromatic carbocycles. The van der Waals surface area contributed by atoms with Gasteiger partial charge in [-0.3, -0.25) is 0 Å². The van der Waals surface area contributed by atoms with Crippen LogP contribution >= 0.6 is 17.0 Å². The number of nitrogens with zero attached hydrogens (tertiary/aromatic N) is 2. The zero-order valence-electron chi connectivity index (χ0n) is 29.2. The van der Waals surface area contributed by atoms with Crippen LogP contribution in [0.2, 0.25) is 0 Å². The Morgan fingerprint density at radius 1 is 0.310 bits per heavy atom. The van der Waals surface area contributed by atoms with E-state index in [1.165, 1.54) is 219 Å². The van der Waals surface area contributed by atoms with Crippen molar-refractivity contribution in [2.45, 2.75) is 219 Å². The van der Waals surface area contributed by atoms with E-state index in [4.69, 9.17) is 0 Å². The van der Waals surface area contributed by atoms with Crippen molar-refractivity contribution in [3.05, 3.63) is 12.4 Å². The van der Waals surface area contributed by atoms with Gasteiger partial charge < -0.3 is 9.80 Å². The van der Waals surface area contributed by atoms with Crippen molar-refractivity contribution >= 4 is 17.0 Å². The highest BCUT2D eigenvalue weighted by molar-refractivity contribution is 8.93. The first-order valence-corrected chi connectivity index (χ1v) is 19.5.